The van der Waals surface area contributed by atoms with Crippen molar-refractivity contribution in [3.05, 3.63) is 0 Å². The van der Waals surface area contributed by atoms with Crippen LogP contribution in [0.4, 0.5) is 0 Å². The van der Waals surface area contributed by atoms with Gasteiger partial charge in [-0.15, -0.1) is 0 Å². The van der Waals surface area contributed by atoms with E-state index in [9.17, 15) is 19.2 Å². The number of ketones is 1. The Morgan fingerprint density at radius 2 is 1.47 bits per heavy atom. The monoisotopic (exact) mass is 274 g/mol. The van der Waals surface area contributed by atoms with Crippen molar-refractivity contribution in [3.63, 3.8) is 0 Å². The van der Waals surface area contributed by atoms with Crippen LogP contribution in [-0.2, 0) is 23.9 Å². The number of rotatable bonds is 7. The second kappa shape index (κ2) is 8.29. The number of ether oxygens (including phenoxy) is 1. The molecule has 0 fully saturated rings. The van der Waals surface area contributed by atoms with Crippen LogP contribution in [0.25, 0.3) is 0 Å². The summed E-state index contributed by atoms with van der Waals surface area (Å²) in [7, 11) is 0. The molecule has 0 aromatic rings. The normalized spacial score (nSPS) is 11.6. The Morgan fingerprint density at radius 3 is 1.79 bits per heavy atom. The fourth-order valence-corrected chi connectivity index (χ4v) is 1.34. The van der Waals surface area contributed by atoms with Crippen LogP contribution in [0.2, 0.25) is 0 Å². The molecule has 19 heavy (non-hydrogen) atoms. The number of nitrogens with two attached hydrogens (primary N) is 3. The lowest BCUT2D eigenvalue weighted by Gasteiger charge is -2.26. The highest BCUT2D eigenvalue weighted by molar-refractivity contribution is 6.12. The summed E-state index contributed by atoms with van der Waals surface area (Å²) in [6.07, 6.45) is 0. The number of imide groups is 1. The largest absolute Gasteiger partial charge is 0.464 e. The fourth-order valence-electron chi connectivity index (χ4n) is 1.34. The van der Waals surface area contributed by atoms with Crippen LogP contribution in [-0.4, -0.2) is 60.7 Å². The van der Waals surface area contributed by atoms with E-state index in [4.69, 9.17) is 17.2 Å². The zero-order valence-corrected chi connectivity index (χ0v) is 10.6. The summed E-state index contributed by atoms with van der Waals surface area (Å²) in [5.41, 5.74) is 15.4. The molecule has 108 valence electrons. The SMILES string of the molecule is CCOC(=O)C(C(=O)CN)N(C(=O)CN)C(=O)CN. The standard InChI is InChI=1S/C10H18N4O5/c1-2-19-10(18)9(6(15)3-11)14(7(16)4-12)8(17)5-13/h9H,2-5,11-13H2,1H3. The molecule has 0 aliphatic heterocycles. The first-order valence-corrected chi connectivity index (χ1v) is 5.58. The van der Waals surface area contributed by atoms with Crippen LogP contribution < -0.4 is 17.2 Å². The van der Waals surface area contributed by atoms with Crippen LogP contribution in [0.15, 0.2) is 0 Å². The lowest BCUT2D eigenvalue weighted by atomic mass is 10.1. The summed E-state index contributed by atoms with van der Waals surface area (Å²) in [6, 6.07) is -1.74. The molecule has 0 aliphatic rings. The molecule has 0 heterocycles. The smallest absolute Gasteiger partial charge is 0.337 e. The molecular formula is C10H18N4O5. The minimum absolute atomic E-state index is 0.0192. The third-order valence-corrected chi connectivity index (χ3v) is 2.16. The van der Waals surface area contributed by atoms with Crippen molar-refractivity contribution in [3.8, 4) is 0 Å². The number of hydrogen-bond acceptors (Lipinski definition) is 8. The average Bonchev–Trinajstić information content (AvgIpc) is 2.42. The molecule has 1 unspecified atom stereocenters. The molecule has 0 saturated heterocycles. The minimum Gasteiger partial charge on any atom is -0.464 e. The highest BCUT2D eigenvalue weighted by Gasteiger charge is 2.39. The highest BCUT2D eigenvalue weighted by atomic mass is 16.5. The maximum atomic E-state index is 11.7. The van der Waals surface area contributed by atoms with Gasteiger partial charge in [0.2, 0.25) is 11.8 Å². The van der Waals surface area contributed by atoms with Gasteiger partial charge in [-0.2, -0.15) is 0 Å². The molecule has 0 bridgehead atoms. The van der Waals surface area contributed by atoms with Gasteiger partial charge in [0.15, 0.2) is 11.8 Å². The lowest BCUT2D eigenvalue weighted by molar-refractivity contribution is -0.163. The molecule has 2 amide bonds. The van der Waals surface area contributed by atoms with E-state index in [2.05, 4.69) is 4.74 Å². The third-order valence-electron chi connectivity index (χ3n) is 2.16. The number of carbonyl (C=O) groups excluding carboxylic acids is 4. The predicted octanol–water partition coefficient (Wildman–Crippen LogP) is -3.28. The van der Waals surface area contributed by atoms with Crippen molar-refractivity contribution < 1.29 is 23.9 Å². The molecule has 0 radical (unpaired) electrons. The second-order valence-corrected chi connectivity index (χ2v) is 3.39. The maximum absolute atomic E-state index is 11.7. The van der Waals surface area contributed by atoms with Crippen molar-refractivity contribution in [2.45, 2.75) is 13.0 Å². The second-order valence-electron chi connectivity index (χ2n) is 3.39. The van der Waals surface area contributed by atoms with Gasteiger partial charge in [0.05, 0.1) is 26.2 Å². The van der Waals surface area contributed by atoms with Gasteiger partial charge in [-0.25, -0.2) is 4.79 Å². The topological polar surface area (TPSA) is 159 Å². The number of amides is 2. The number of hydrogen-bond donors (Lipinski definition) is 3. The zero-order valence-electron chi connectivity index (χ0n) is 10.6. The van der Waals surface area contributed by atoms with Crippen molar-refractivity contribution in [1.82, 2.24) is 4.90 Å². The molecule has 0 aromatic carbocycles. The van der Waals surface area contributed by atoms with Gasteiger partial charge in [0.1, 0.15) is 0 Å². The molecule has 0 saturated carbocycles. The summed E-state index contributed by atoms with van der Waals surface area (Å²) in [5.74, 6) is -3.69. The Labute approximate surface area is 110 Å². The van der Waals surface area contributed by atoms with Crippen molar-refractivity contribution in [2.24, 2.45) is 17.2 Å². The first-order chi connectivity index (χ1) is 8.94. The van der Waals surface area contributed by atoms with Crippen LogP contribution in [0.5, 0.6) is 0 Å². The molecular weight excluding hydrogens is 256 g/mol. The van der Waals surface area contributed by atoms with Gasteiger partial charge in [0.25, 0.3) is 0 Å². The first-order valence-electron chi connectivity index (χ1n) is 5.58. The summed E-state index contributed by atoms with van der Waals surface area (Å²) in [5, 5.41) is 0. The molecule has 1 atom stereocenters. The average molecular weight is 274 g/mol. The van der Waals surface area contributed by atoms with E-state index in [-0.39, 0.29) is 6.61 Å². The Morgan fingerprint density at radius 1 is 1.00 bits per heavy atom. The van der Waals surface area contributed by atoms with E-state index in [1.165, 1.54) is 6.92 Å². The van der Waals surface area contributed by atoms with E-state index in [1.807, 2.05) is 0 Å². The number of nitrogens with zero attached hydrogens (tertiary/aromatic N) is 1. The Bertz CT molecular complexity index is 355. The number of Topliss-reactive ketones (excluding diaryl/α,β-unsaturated/α-hetero) is 1. The van der Waals surface area contributed by atoms with Crippen molar-refractivity contribution in [1.29, 1.82) is 0 Å². The molecule has 9 nitrogen and oxygen atoms in total. The van der Waals surface area contributed by atoms with Crippen LogP contribution >= 0.6 is 0 Å². The molecule has 0 aromatic heterocycles. The zero-order chi connectivity index (χ0) is 15.0. The summed E-state index contributed by atoms with van der Waals surface area (Å²) < 4.78 is 4.65. The molecule has 9 heteroatoms. The minimum atomic E-state index is -1.74. The predicted molar refractivity (Wildman–Crippen MR) is 64.4 cm³/mol. The van der Waals surface area contributed by atoms with Gasteiger partial charge in [0, 0.05) is 0 Å². The molecule has 0 rings (SSSR count). The number of carbonyl (C=O) groups is 4. The Balaban J connectivity index is 5.47. The van der Waals surface area contributed by atoms with Crippen molar-refractivity contribution in [2.75, 3.05) is 26.2 Å². The van der Waals surface area contributed by atoms with Crippen LogP contribution in [0.1, 0.15) is 6.92 Å². The van der Waals surface area contributed by atoms with Gasteiger partial charge in [-0.3, -0.25) is 19.3 Å². The maximum Gasteiger partial charge on any atom is 0.337 e. The van der Waals surface area contributed by atoms with Gasteiger partial charge in [-0.1, -0.05) is 0 Å². The molecule has 0 spiro atoms. The fraction of sp³-hybridized carbons (Fsp3) is 0.600. The highest BCUT2D eigenvalue weighted by Crippen LogP contribution is 2.05. The van der Waals surface area contributed by atoms with E-state index in [0.717, 1.165) is 0 Å². The number of esters is 1. The lowest BCUT2D eigenvalue weighted by Crippen LogP contribution is -2.57. The van der Waals surface area contributed by atoms with E-state index >= 15 is 0 Å². The quantitative estimate of drug-likeness (QED) is 0.322. The van der Waals surface area contributed by atoms with Crippen LogP contribution in [0.3, 0.4) is 0 Å². The van der Waals surface area contributed by atoms with Crippen molar-refractivity contribution >= 4 is 23.6 Å². The first kappa shape index (κ1) is 17.2. The third kappa shape index (κ3) is 4.39. The van der Waals surface area contributed by atoms with E-state index in [1.54, 1.807) is 0 Å². The Kier molecular flexibility index (Phi) is 7.49. The molecule has 6 N–H and O–H groups in total. The summed E-state index contributed by atoms with van der Waals surface area (Å²) in [4.78, 5) is 47.0. The van der Waals surface area contributed by atoms with Gasteiger partial charge in [-0.05, 0) is 6.92 Å². The van der Waals surface area contributed by atoms with Gasteiger partial charge < -0.3 is 21.9 Å². The summed E-state index contributed by atoms with van der Waals surface area (Å²) in [6.45, 7) is -0.148. The van der Waals surface area contributed by atoms with Gasteiger partial charge >= 0.3 is 5.97 Å². The molecule has 0 aliphatic carbocycles. The van der Waals surface area contributed by atoms with Crippen LogP contribution in [0, 0.1) is 0 Å². The summed E-state index contributed by atoms with van der Waals surface area (Å²) >= 11 is 0. The Hall–Kier alpha value is -1.84. The van der Waals surface area contributed by atoms with E-state index in [0.29, 0.717) is 4.90 Å². The van der Waals surface area contributed by atoms with E-state index < -0.39 is 49.2 Å².